The van der Waals surface area contributed by atoms with Crippen molar-refractivity contribution < 1.29 is 15.0 Å². The number of aryl methyl sites for hydroxylation is 1. The van der Waals surface area contributed by atoms with Crippen LogP contribution in [0.1, 0.15) is 12.0 Å². The zero-order chi connectivity index (χ0) is 8.97. The van der Waals surface area contributed by atoms with Crippen molar-refractivity contribution in [3.63, 3.8) is 0 Å². The van der Waals surface area contributed by atoms with Gasteiger partial charge in [0.15, 0.2) is 6.10 Å². The minimum absolute atomic E-state index is 0.257. The number of aliphatic hydroxyl groups is 1. The van der Waals surface area contributed by atoms with Gasteiger partial charge < -0.3 is 15.2 Å². The fourth-order valence-corrected chi connectivity index (χ4v) is 0.941. The summed E-state index contributed by atoms with van der Waals surface area (Å²) in [7, 11) is 0. The predicted octanol–water partition coefficient (Wildman–Crippen LogP) is 0.393. The maximum absolute atomic E-state index is 10.2. The molecular formula is C8H11NO3. The molecule has 0 saturated carbocycles. The Bertz CT molecular complexity index is 243. The van der Waals surface area contributed by atoms with Crippen LogP contribution in [0.4, 0.5) is 0 Å². The highest BCUT2D eigenvalue weighted by atomic mass is 16.4. The van der Waals surface area contributed by atoms with Gasteiger partial charge in [0.25, 0.3) is 0 Å². The van der Waals surface area contributed by atoms with E-state index in [4.69, 9.17) is 10.2 Å². The first-order valence-corrected chi connectivity index (χ1v) is 3.72. The van der Waals surface area contributed by atoms with E-state index in [1.165, 1.54) is 0 Å². The zero-order valence-corrected chi connectivity index (χ0v) is 6.53. The second-order valence-corrected chi connectivity index (χ2v) is 2.61. The molecule has 0 aliphatic heterocycles. The highest BCUT2D eigenvalue weighted by molar-refractivity contribution is 5.71. The van der Waals surface area contributed by atoms with Crippen LogP contribution in [0.3, 0.4) is 0 Å². The fourth-order valence-electron chi connectivity index (χ4n) is 0.941. The summed E-state index contributed by atoms with van der Waals surface area (Å²) in [6.07, 6.45) is 3.14. The van der Waals surface area contributed by atoms with Gasteiger partial charge in [0.05, 0.1) is 0 Å². The van der Waals surface area contributed by atoms with Crippen LogP contribution in [-0.4, -0.2) is 27.3 Å². The highest BCUT2D eigenvalue weighted by Gasteiger charge is 2.12. The van der Waals surface area contributed by atoms with Gasteiger partial charge in [-0.1, -0.05) is 0 Å². The second kappa shape index (κ2) is 3.92. The van der Waals surface area contributed by atoms with Crippen LogP contribution in [0, 0.1) is 0 Å². The predicted molar refractivity (Wildman–Crippen MR) is 42.8 cm³/mol. The third kappa shape index (κ3) is 2.39. The van der Waals surface area contributed by atoms with Crippen molar-refractivity contribution in [2.45, 2.75) is 18.9 Å². The van der Waals surface area contributed by atoms with Crippen LogP contribution in [0.15, 0.2) is 18.5 Å². The average molecular weight is 169 g/mol. The number of H-pyrrole nitrogens is 1. The number of rotatable bonds is 4. The van der Waals surface area contributed by atoms with Gasteiger partial charge in [0.2, 0.25) is 0 Å². The van der Waals surface area contributed by atoms with Crippen molar-refractivity contribution in [3.8, 4) is 0 Å². The smallest absolute Gasteiger partial charge is 0.332 e. The molecule has 1 unspecified atom stereocenters. The van der Waals surface area contributed by atoms with Crippen LogP contribution < -0.4 is 0 Å². The molecule has 0 amide bonds. The van der Waals surface area contributed by atoms with Gasteiger partial charge in [0, 0.05) is 12.4 Å². The molecule has 0 aromatic carbocycles. The van der Waals surface area contributed by atoms with Crippen molar-refractivity contribution in [2.75, 3.05) is 0 Å². The Labute approximate surface area is 69.9 Å². The van der Waals surface area contributed by atoms with E-state index >= 15 is 0 Å². The van der Waals surface area contributed by atoms with Gasteiger partial charge in [0.1, 0.15) is 0 Å². The van der Waals surface area contributed by atoms with Crippen molar-refractivity contribution in [2.24, 2.45) is 0 Å². The first-order chi connectivity index (χ1) is 5.70. The molecular weight excluding hydrogens is 158 g/mol. The maximum atomic E-state index is 10.2. The number of carboxylic acid groups (broad SMARTS) is 1. The van der Waals surface area contributed by atoms with E-state index in [9.17, 15) is 4.79 Å². The number of hydrogen-bond acceptors (Lipinski definition) is 2. The molecule has 0 aliphatic rings. The number of nitrogens with one attached hydrogen (secondary N) is 1. The van der Waals surface area contributed by atoms with Crippen LogP contribution in [0.5, 0.6) is 0 Å². The Hall–Kier alpha value is -1.29. The molecule has 0 radical (unpaired) electrons. The lowest BCUT2D eigenvalue weighted by atomic mass is 10.1. The monoisotopic (exact) mass is 169 g/mol. The summed E-state index contributed by atoms with van der Waals surface area (Å²) in [5.74, 6) is -1.16. The number of aliphatic carboxylic acids is 1. The Morgan fingerprint density at radius 3 is 2.92 bits per heavy atom. The van der Waals surface area contributed by atoms with E-state index < -0.39 is 12.1 Å². The van der Waals surface area contributed by atoms with Gasteiger partial charge in [-0.25, -0.2) is 4.79 Å². The Balaban J connectivity index is 2.31. The fraction of sp³-hybridized carbons (Fsp3) is 0.375. The summed E-state index contributed by atoms with van der Waals surface area (Å²) in [5.41, 5.74) is 1.01. The summed E-state index contributed by atoms with van der Waals surface area (Å²) >= 11 is 0. The third-order valence-electron chi connectivity index (χ3n) is 1.65. The standard InChI is InChI=1S/C8H11NO3/c10-7(8(11)12)2-1-6-3-4-9-5-6/h3-5,7,9-10H,1-2H2,(H,11,12). The van der Waals surface area contributed by atoms with E-state index in [1.54, 1.807) is 12.4 Å². The highest BCUT2D eigenvalue weighted by Crippen LogP contribution is 2.03. The molecule has 1 rings (SSSR count). The first-order valence-electron chi connectivity index (χ1n) is 3.72. The van der Waals surface area contributed by atoms with E-state index in [0.717, 1.165) is 5.56 Å². The van der Waals surface area contributed by atoms with Gasteiger partial charge >= 0.3 is 5.97 Å². The second-order valence-electron chi connectivity index (χ2n) is 2.61. The van der Waals surface area contributed by atoms with E-state index in [1.807, 2.05) is 6.07 Å². The molecule has 4 heteroatoms. The maximum Gasteiger partial charge on any atom is 0.332 e. The van der Waals surface area contributed by atoms with Crippen molar-refractivity contribution in [1.29, 1.82) is 0 Å². The number of aliphatic hydroxyl groups excluding tert-OH is 1. The van der Waals surface area contributed by atoms with Gasteiger partial charge in [-0.2, -0.15) is 0 Å². The molecule has 0 aliphatic carbocycles. The largest absolute Gasteiger partial charge is 0.479 e. The minimum Gasteiger partial charge on any atom is -0.479 e. The van der Waals surface area contributed by atoms with Crippen LogP contribution in [0.25, 0.3) is 0 Å². The number of aromatic amines is 1. The first kappa shape index (κ1) is 8.80. The Morgan fingerprint density at radius 1 is 1.67 bits per heavy atom. The van der Waals surface area contributed by atoms with E-state index in [2.05, 4.69) is 4.98 Å². The molecule has 3 N–H and O–H groups in total. The molecule has 0 spiro atoms. The average Bonchev–Trinajstić information content (AvgIpc) is 2.51. The third-order valence-corrected chi connectivity index (χ3v) is 1.65. The van der Waals surface area contributed by atoms with Gasteiger partial charge in [-0.15, -0.1) is 0 Å². The summed E-state index contributed by atoms with van der Waals surface area (Å²) in [6, 6.07) is 1.86. The topological polar surface area (TPSA) is 73.3 Å². The zero-order valence-electron chi connectivity index (χ0n) is 6.53. The Kier molecular flexibility index (Phi) is 2.88. The number of carboxylic acids is 1. The van der Waals surface area contributed by atoms with Crippen LogP contribution >= 0.6 is 0 Å². The summed E-state index contributed by atoms with van der Waals surface area (Å²) in [5, 5.41) is 17.3. The SMILES string of the molecule is O=C(O)C(O)CCc1cc[nH]c1. The van der Waals surface area contributed by atoms with Crippen molar-refractivity contribution in [1.82, 2.24) is 4.98 Å². The summed E-state index contributed by atoms with van der Waals surface area (Å²) in [4.78, 5) is 13.1. The lowest BCUT2D eigenvalue weighted by molar-refractivity contribution is -0.146. The lowest BCUT2D eigenvalue weighted by Crippen LogP contribution is -2.19. The molecule has 0 bridgehead atoms. The summed E-state index contributed by atoms with van der Waals surface area (Å²) in [6.45, 7) is 0. The number of hydrogen-bond donors (Lipinski definition) is 3. The molecule has 1 atom stereocenters. The van der Waals surface area contributed by atoms with Gasteiger partial charge in [-0.3, -0.25) is 0 Å². The number of aromatic nitrogens is 1. The molecule has 0 fully saturated rings. The van der Waals surface area contributed by atoms with Crippen molar-refractivity contribution >= 4 is 5.97 Å². The molecule has 1 aromatic rings. The Morgan fingerprint density at radius 2 is 2.42 bits per heavy atom. The normalized spacial score (nSPS) is 12.8. The van der Waals surface area contributed by atoms with E-state index in [-0.39, 0.29) is 6.42 Å². The molecule has 66 valence electrons. The van der Waals surface area contributed by atoms with Gasteiger partial charge in [-0.05, 0) is 24.5 Å². The minimum atomic E-state index is -1.25. The van der Waals surface area contributed by atoms with E-state index in [0.29, 0.717) is 6.42 Å². The molecule has 1 heterocycles. The lowest BCUT2D eigenvalue weighted by Gasteiger charge is -2.02. The quantitative estimate of drug-likeness (QED) is 0.610. The molecule has 12 heavy (non-hydrogen) atoms. The molecule has 0 saturated heterocycles. The van der Waals surface area contributed by atoms with Crippen LogP contribution in [-0.2, 0) is 11.2 Å². The number of carbonyl (C=O) groups is 1. The van der Waals surface area contributed by atoms with Crippen LogP contribution in [0.2, 0.25) is 0 Å². The molecule has 1 aromatic heterocycles. The van der Waals surface area contributed by atoms with Crippen molar-refractivity contribution in [3.05, 3.63) is 24.0 Å². The summed E-state index contributed by atoms with van der Waals surface area (Å²) < 4.78 is 0. The molecule has 4 nitrogen and oxygen atoms in total.